The smallest absolute Gasteiger partial charge is 0.165 e. The van der Waals surface area contributed by atoms with E-state index >= 15 is 0 Å². The summed E-state index contributed by atoms with van der Waals surface area (Å²) in [7, 11) is 0. The van der Waals surface area contributed by atoms with Gasteiger partial charge in [-0.1, -0.05) is 30.7 Å². The summed E-state index contributed by atoms with van der Waals surface area (Å²) in [6.07, 6.45) is 6.23. The molecule has 0 aromatic heterocycles. The summed E-state index contributed by atoms with van der Waals surface area (Å²) in [6.45, 7) is 0. The van der Waals surface area contributed by atoms with Crippen molar-refractivity contribution in [3.8, 4) is 0 Å². The van der Waals surface area contributed by atoms with Crippen molar-refractivity contribution >= 4 is 5.78 Å². The highest BCUT2D eigenvalue weighted by Crippen LogP contribution is 2.37. The summed E-state index contributed by atoms with van der Waals surface area (Å²) in [5.74, 6) is 1.48. The first-order valence-corrected chi connectivity index (χ1v) is 5.99. The Balaban J connectivity index is 1.77. The lowest BCUT2D eigenvalue weighted by atomic mass is 9.80. The number of carbonyl (C=O) groups is 1. The number of hydrogen-bond donors (Lipinski definition) is 0. The molecule has 0 spiro atoms. The molecule has 0 amide bonds. The summed E-state index contributed by atoms with van der Waals surface area (Å²) in [6, 6.07) is 8.35. The largest absolute Gasteiger partial charge is 0.294 e. The fourth-order valence-corrected chi connectivity index (χ4v) is 2.24. The molecule has 0 N–H and O–H groups in total. The molecule has 0 heterocycles. The molecule has 0 radical (unpaired) electrons. The summed E-state index contributed by atoms with van der Waals surface area (Å²) in [5.41, 5.74) is 2.34. The van der Waals surface area contributed by atoms with Gasteiger partial charge in [-0.2, -0.15) is 0 Å². The zero-order valence-electron chi connectivity index (χ0n) is 8.91. The van der Waals surface area contributed by atoms with Gasteiger partial charge in [-0.25, -0.2) is 0 Å². The monoisotopic (exact) mass is 200 g/mol. The molecule has 2 aliphatic rings. The Labute approximate surface area is 90.5 Å². The Hall–Kier alpha value is -1.11. The average molecular weight is 200 g/mol. The molecule has 1 nitrogen and oxygen atoms in total. The highest BCUT2D eigenvalue weighted by molar-refractivity contribution is 5.99. The first kappa shape index (κ1) is 9.14. The molecule has 0 unspecified atom stereocenters. The van der Waals surface area contributed by atoms with E-state index in [1.807, 2.05) is 12.1 Å². The van der Waals surface area contributed by atoms with Crippen molar-refractivity contribution in [3.63, 3.8) is 0 Å². The third kappa shape index (κ3) is 1.71. The maximum Gasteiger partial charge on any atom is 0.165 e. The van der Waals surface area contributed by atoms with Gasteiger partial charge in [0.2, 0.25) is 0 Å². The molecule has 2 fully saturated rings. The fourth-order valence-electron chi connectivity index (χ4n) is 2.24. The number of benzene rings is 1. The topological polar surface area (TPSA) is 17.1 Å². The quantitative estimate of drug-likeness (QED) is 0.682. The van der Waals surface area contributed by atoms with Crippen molar-refractivity contribution in [1.29, 1.82) is 0 Å². The Morgan fingerprint density at radius 3 is 2.13 bits per heavy atom. The molecule has 0 saturated heterocycles. The van der Waals surface area contributed by atoms with Gasteiger partial charge in [0.15, 0.2) is 5.78 Å². The second kappa shape index (κ2) is 3.48. The number of hydrogen-bond acceptors (Lipinski definition) is 1. The van der Waals surface area contributed by atoms with Crippen LogP contribution in [0.2, 0.25) is 0 Å². The van der Waals surface area contributed by atoms with E-state index in [1.54, 1.807) is 0 Å². The van der Waals surface area contributed by atoms with Crippen molar-refractivity contribution in [2.24, 2.45) is 5.92 Å². The second-order valence-electron chi connectivity index (χ2n) is 4.89. The third-order valence-corrected chi connectivity index (χ3v) is 3.72. The summed E-state index contributed by atoms with van der Waals surface area (Å²) in [4.78, 5) is 11.8. The Morgan fingerprint density at radius 1 is 1.00 bits per heavy atom. The third-order valence-electron chi connectivity index (χ3n) is 3.72. The Kier molecular flexibility index (Phi) is 2.12. The molecule has 1 heteroatoms. The standard InChI is InChI=1S/C14H16O/c15-14(13-8-9-13)12-6-4-11(5-7-12)10-2-1-3-10/h4-7,10,13H,1-3,8-9H2. The molecule has 1 aromatic rings. The molecule has 0 aliphatic heterocycles. The lowest BCUT2D eigenvalue weighted by molar-refractivity contribution is 0.0967. The maximum absolute atomic E-state index is 11.8. The van der Waals surface area contributed by atoms with Crippen LogP contribution in [0.1, 0.15) is 53.9 Å². The van der Waals surface area contributed by atoms with Crippen LogP contribution in [0.15, 0.2) is 24.3 Å². The van der Waals surface area contributed by atoms with E-state index in [0.29, 0.717) is 11.7 Å². The van der Waals surface area contributed by atoms with Crippen molar-refractivity contribution < 1.29 is 4.79 Å². The van der Waals surface area contributed by atoms with Crippen molar-refractivity contribution in [3.05, 3.63) is 35.4 Å². The zero-order chi connectivity index (χ0) is 10.3. The SMILES string of the molecule is O=C(c1ccc(C2CCC2)cc1)C1CC1. The van der Waals surface area contributed by atoms with Crippen LogP contribution < -0.4 is 0 Å². The first-order valence-electron chi connectivity index (χ1n) is 5.99. The van der Waals surface area contributed by atoms with E-state index in [4.69, 9.17) is 0 Å². The van der Waals surface area contributed by atoms with Gasteiger partial charge >= 0.3 is 0 Å². The van der Waals surface area contributed by atoms with Crippen LogP contribution in [0, 0.1) is 5.92 Å². The molecule has 1 aromatic carbocycles. The lowest BCUT2D eigenvalue weighted by Gasteiger charge is -2.25. The van der Waals surface area contributed by atoms with Gasteiger partial charge in [0.25, 0.3) is 0 Å². The minimum absolute atomic E-state index is 0.347. The molecule has 0 atom stereocenters. The first-order chi connectivity index (χ1) is 7.34. The maximum atomic E-state index is 11.8. The van der Waals surface area contributed by atoms with Gasteiger partial charge in [0, 0.05) is 11.5 Å². The van der Waals surface area contributed by atoms with Crippen molar-refractivity contribution in [2.45, 2.75) is 38.0 Å². The normalized spacial score (nSPS) is 21.1. The Morgan fingerprint density at radius 2 is 1.67 bits per heavy atom. The van der Waals surface area contributed by atoms with E-state index < -0.39 is 0 Å². The van der Waals surface area contributed by atoms with Crippen LogP contribution in [0.3, 0.4) is 0 Å². The van der Waals surface area contributed by atoms with E-state index in [0.717, 1.165) is 24.3 Å². The number of Topliss-reactive ketones (excluding diaryl/α,β-unsaturated/α-hetero) is 1. The van der Waals surface area contributed by atoms with Crippen LogP contribution in [0.5, 0.6) is 0 Å². The van der Waals surface area contributed by atoms with Crippen LogP contribution in [-0.4, -0.2) is 5.78 Å². The molecule has 0 bridgehead atoms. The molecular formula is C14H16O. The van der Waals surface area contributed by atoms with Crippen molar-refractivity contribution in [2.75, 3.05) is 0 Å². The number of carbonyl (C=O) groups excluding carboxylic acids is 1. The molecular weight excluding hydrogens is 184 g/mol. The van der Waals surface area contributed by atoms with Gasteiger partial charge in [0.05, 0.1) is 0 Å². The zero-order valence-corrected chi connectivity index (χ0v) is 8.91. The Bertz CT molecular complexity index is 369. The average Bonchev–Trinajstić information content (AvgIpc) is 2.98. The predicted octanol–water partition coefficient (Wildman–Crippen LogP) is 3.55. The minimum atomic E-state index is 0.347. The van der Waals surface area contributed by atoms with E-state index in [-0.39, 0.29) is 0 Å². The highest BCUT2D eigenvalue weighted by Gasteiger charge is 2.30. The van der Waals surface area contributed by atoms with Gasteiger partial charge in [-0.05, 0) is 37.2 Å². The molecule has 2 saturated carbocycles. The fraction of sp³-hybridized carbons (Fsp3) is 0.500. The van der Waals surface area contributed by atoms with Crippen LogP contribution in [-0.2, 0) is 0 Å². The summed E-state index contributed by atoms with van der Waals surface area (Å²) < 4.78 is 0. The molecule has 2 aliphatic carbocycles. The van der Waals surface area contributed by atoms with Gasteiger partial charge in [-0.3, -0.25) is 4.79 Å². The highest BCUT2D eigenvalue weighted by atomic mass is 16.1. The number of rotatable bonds is 3. The summed E-state index contributed by atoms with van der Waals surface area (Å²) >= 11 is 0. The van der Waals surface area contributed by atoms with Crippen LogP contribution >= 0.6 is 0 Å². The van der Waals surface area contributed by atoms with E-state index in [2.05, 4.69) is 12.1 Å². The molecule has 78 valence electrons. The van der Waals surface area contributed by atoms with Crippen molar-refractivity contribution in [1.82, 2.24) is 0 Å². The van der Waals surface area contributed by atoms with Gasteiger partial charge in [0.1, 0.15) is 0 Å². The number of ketones is 1. The second-order valence-corrected chi connectivity index (χ2v) is 4.89. The van der Waals surface area contributed by atoms with E-state index in [1.165, 1.54) is 24.8 Å². The van der Waals surface area contributed by atoms with Gasteiger partial charge < -0.3 is 0 Å². The lowest BCUT2D eigenvalue weighted by Crippen LogP contribution is -2.09. The molecule has 15 heavy (non-hydrogen) atoms. The van der Waals surface area contributed by atoms with Gasteiger partial charge in [-0.15, -0.1) is 0 Å². The summed E-state index contributed by atoms with van der Waals surface area (Å²) in [5, 5.41) is 0. The van der Waals surface area contributed by atoms with Crippen LogP contribution in [0.25, 0.3) is 0 Å². The van der Waals surface area contributed by atoms with Crippen LogP contribution in [0.4, 0.5) is 0 Å². The van der Waals surface area contributed by atoms with E-state index in [9.17, 15) is 4.79 Å². The minimum Gasteiger partial charge on any atom is -0.294 e. The predicted molar refractivity (Wildman–Crippen MR) is 60.1 cm³/mol. The molecule has 3 rings (SSSR count).